The Labute approximate surface area is 237 Å². The fourth-order valence-corrected chi connectivity index (χ4v) is 5.30. The molecule has 0 saturated carbocycles. The molecule has 1 atom stereocenters. The molecule has 0 saturated heterocycles. The largest absolute Gasteiger partial charge is 0.457 e. The van der Waals surface area contributed by atoms with Gasteiger partial charge in [0.25, 0.3) is 17.2 Å². The van der Waals surface area contributed by atoms with Gasteiger partial charge in [-0.15, -0.1) is 11.3 Å². The molecule has 5 aromatic rings. The first-order chi connectivity index (χ1) is 19.9. The van der Waals surface area contributed by atoms with Gasteiger partial charge in [-0.3, -0.25) is 24.3 Å². The molecule has 0 fully saturated rings. The summed E-state index contributed by atoms with van der Waals surface area (Å²) in [6.07, 6.45) is 1.55. The minimum absolute atomic E-state index is 0.0357. The van der Waals surface area contributed by atoms with Gasteiger partial charge in [0, 0.05) is 23.8 Å². The van der Waals surface area contributed by atoms with E-state index in [9.17, 15) is 25.0 Å². The predicted molar refractivity (Wildman–Crippen MR) is 156 cm³/mol. The third kappa shape index (κ3) is 5.75. The van der Waals surface area contributed by atoms with Gasteiger partial charge < -0.3 is 9.73 Å². The maximum absolute atomic E-state index is 13.6. The number of para-hydroxylation sites is 1. The lowest BCUT2D eigenvalue weighted by Crippen LogP contribution is -2.34. The van der Waals surface area contributed by atoms with Crippen LogP contribution in [0.3, 0.4) is 0 Å². The summed E-state index contributed by atoms with van der Waals surface area (Å²) in [7, 11) is 0. The lowest BCUT2D eigenvalue weighted by molar-refractivity contribution is -0.384. The number of thiazole rings is 1. The molecule has 0 spiro atoms. The van der Waals surface area contributed by atoms with Crippen molar-refractivity contribution in [3.8, 4) is 23.1 Å². The van der Waals surface area contributed by atoms with E-state index in [-0.39, 0.29) is 26.5 Å². The van der Waals surface area contributed by atoms with Crippen LogP contribution in [0.5, 0.6) is 0 Å². The highest BCUT2D eigenvalue weighted by molar-refractivity contribution is 7.07. The van der Waals surface area contributed by atoms with Crippen molar-refractivity contribution in [2.24, 2.45) is 0 Å². The molecule has 10 heteroatoms. The molecule has 0 aliphatic heterocycles. The van der Waals surface area contributed by atoms with E-state index in [2.05, 4.69) is 5.32 Å². The molecule has 0 bridgehead atoms. The zero-order valence-corrected chi connectivity index (χ0v) is 22.5. The highest BCUT2D eigenvalue weighted by Gasteiger charge is 2.19. The summed E-state index contributed by atoms with van der Waals surface area (Å²) in [4.78, 5) is 37.4. The van der Waals surface area contributed by atoms with Crippen LogP contribution >= 0.6 is 11.3 Å². The molecule has 41 heavy (non-hydrogen) atoms. The maximum Gasteiger partial charge on any atom is 0.273 e. The number of hydrogen-bond donors (Lipinski definition) is 1. The standard InChI is InChI=1S/C31H22N4O5S/c1-20(21-8-4-2-5-9-21)33-29(36)26(19-32)31-34(23-10-6-3-7-11-23)30(37)28(41-31)18-25-16-17-27(40-25)22-12-14-24(15-13-22)35(38)39/h2-18,20H,1H3,(H,33,36)/b28-18+,31-26+. The van der Waals surface area contributed by atoms with Crippen LogP contribution in [0.1, 0.15) is 24.3 Å². The summed E-state index contributed by atoms with van der Waals surface area (Å²) in [5.74, 6) is 0.230. The van der Waals surface area contributed by atoms with E-state index in [0.717, 1.165) is 16.9 Å². The van der Waals surface area contributed by atoms with Crippen LogP contribution in [0.25, 0.3) is 28.7 Å². The van der Waals surface area contributed by atoms with Crippen molar-refractivity contribution in [2.75, 3.05) is 0 Å². The number of benzene rings is 3. The van der Waals surface area contributed by atoms with Crippen LogP contribution in [-0.4, -0.2) is 15.4 Å². The van der Waals surface area contributed by atoms with Crippen molar-refractivity contribution >= 4 is 34.6 Å². The minimum Gasteiger partial charge on any atom is -0.457 e. The third-order valence-corrected chi connectivity index (χ3v) is 7.39. The fourth-order valence-electron chi connectivity index (χ4n) is 4.21. The molecule has 1 N–H and O–H groups in total. The van der Waals surface area contributed by atoms with Gasteiger partial charge in [-0.2, -0.15) is 5.26 Å². The summed E-state index contributed by atoms with van der Waals surface area (Å²) in [6, 6.07) is 29.1. The number of amides is 1. The monoisotopic (exact) mass is 562 g/mol. The summed E-state index contributed by atoms with van der Waals surface area (Å²) in [5.41, 5.74) is 1.37. The quantitative estimate of drug-likeness (QED) is 0.230. The van der Waals surface area contributed by atoms with Gasteiger partial charge in [0.05, 0.1) is 21.2 Å². The molecule has 0 aliphatic carbocycles. The van der Waals surface area contributed by atoms with E-state index >= 15 is 0 Å². The predicted octanol–water partition coefficient (Wildman–Crippen LogP) is 4.45. The van der Waals surface area contributed by atoms with Gasteiger partial charge >= 0.3 is 0 Å². The van der Waals surface area contributed by atoms with Crippen LogP contribution in [-0.2, 0) is 4.79 Å². The molecule has 1 amide bonds. The van der Waals surface area contributed by atoms with Crippen LogP contribution in [0.4, 0.5) is 5.69 Å². The molecule has 9 nitrogen and oxygen atoms in total. The number of non-ortho nitro benzene ring substituents is 1. The Morgan fingerprint density at radius 1 is 1.02 bits per heavy atom. The number of rotatable bonds is 7. The number of nitro benzene ring substituents is 1. The lowest BCUT2D eigenvalue weighted by Gasteiger charge is -2.13. The van der Waals surface area contributed by atoms with Gasteiger partial charge in [0.2, 0.25) is 0 Å². The molecular formula is C31H22N4O5S. The Balaban J connectivity index is 1.59. The number of aromatic nitrogens is 1. The first kappa shape index (κ1) is 27.1. The van der Waals surface area contributed by atoms with Crippen molar-refractivity contribution in [3.05, 3.63) is 138 Å². The molecule has 3 aromatic carbocycles. The number of furan rings is 1. The van der Waals surface area contributed by atoms with Crippen LogP contribution in [0.15, 0.2) is 106 Å². The number of nitrogens with one attached hydrogen (secondary N) is 1. The number of nitriles is 1. The summed E-state index contributed by atoms with van der Waals surface area (Å²) < 4.78 is 7.70. The first-order valence-corrected chi connectivity index (χ1v) is 13.3. The molecule has 202 valence electrons. The Kier molecular flexibility index (Phi) is 7.71. The number of carbonyl (C=O) groups is 1. The van der Waals surface area contributed by atoms with Gasteiger partial charge in [0.15, 0.2) is 5.57 Å². The Hall–Kier alpha value is -5.53. The number of hydrogen-bond acceptors (Lipinski definition) is 7. The van der Waals surface area contributed by atoms with E-state index in [1.807, 2.05) is 43.3 Å². The Morgan fingerprint density at radius 2 is 1.68 bits per heavy atom. The average molecular weight is 563 g/mol. The zero-order chi connectivity index (χ0) is 28.9. The van der Waals surface area contributed by atoms with Gasteiger partial charge in [-0.05, 0) is 48.9 Å². The molecule has 0 radical (unpaired) electrons. The molecule has 5 rings (SSSR count). The molecular weight excluding hydrogens is 540 g/mol. The molecule has 0 aliphatic rings. The van der Waals surface area contributed by atoms with Crippen molar-refractivity contribution in [1.82, 2.24) is 9.88 Å². The summed E-state index contributed by atoms with van der Waals surface area (Å²) in [5, 5.41) is 23.9. The van der Waals surface area contributed by atoms with Crippen molar-refractivity contribution in [3.63, 3.8) is 0 Å². The first-order valence-electron chi connectivity index (χ1n) is 12.5. The topological polar surface area (TPSA) is 131 Å². The van der Waals surface area contributed by atoms with E-state index in [1.165, 1.54) is 16.7 Å². The van der Waals surface area contributed by atoms with Crippen LogP contribution < -0.4 is 20.1 Å². The zero-order valence-electron chi connectivity index (χ0n) is 21.7. The summed E-state index contributed by atoms with van der Waals surface area (Å²) >= 11 is 1.01. The van der Waals surface area contributed by atoms with Crippen molar-refractivity contribution in [2.45, 2.75) is 13.0 Å². The Morgan fingerprint density at radius 3 is 2.32 bits per heavy atom. The minimum atomic E-state index is -0.597. The van der Waals surface area contributed by atoms with Crippen molar-refractivity contribution < 1.29 is 14.1 Å². The smallest absolute Gasteiger partial charge is 0.273 e. The van der Waals surface area contributed by atoms with Crippen LogP contribution in [0.2, 0.25) is 0 Å². The van der Waals surface area contributed by atoms with Gasteiger partial charge in [-0.25, -0.2) is 0 Å². The Bertz CT molecular complexity index is 1950. The van der Waals surface area contributed by atoms with E-state index in [0.29, 0.717) is 22.8 Å². The molecule has 2 aromatic heterocycles. The SMILES string of the molecule is CC(NC(=O)/C(C#N)=c1/s/c(=C/c2ccc(-c3ccc([N+](=O)[O-])cc3)o2)c(=O)n1-c1ccccc1)c1ccccc1. The second-order valence-electron chi connectivity index (χ2n) is 8.99. The second-order valence-corrected chi connectivity index (χ2v) is 10.0. The normalized spacial score (nSPS) is 12.8. The second kappa shape index (κ2) is 11.7. The summed E-state index contributed by atoms with van der Waals surface area (Å²) in [6.45, 7) is 1.82. The van der Waals surface area contributed by atoms with Gasteiger partial charge in [0.1, 0.15) is 22.3 Å². The van der Waals surface area contributed by atoms with Crippen molar-refractivity contribution in [1.29, 1.82) is 5.26 Å². The lowest BCUT2D eigenvalue weighted by atomic mass is 10.1. The third-order valence-electron chi connectivity index (χ3n) is 6.30. The molecule has 2 heterocycles. The average Bonchev–Trinajstić information content (AvgIpc) is 3.59. The van der Waals surface area contributed by atoms with Crippen LogP contribution in [0, 0.1) is 21.4 Å². The number of nitro groups is 1. The highest BCUT2D eigenvalue weighted by Crippen LogP contribution is 2.24. The van der Waals surface area contributed by atoms with E-state index < -0.39 is 16.4 Å². The van der Waals surface area contributed by atoms with E-state index in [1.54, 1.807) is 60.7 Å². The number of nitrogens with zero attached hydrogens (tertiary/aromatic N) is 3. The molecule has 1 unspecified atom stereocenters. The maximum atomic E-state index is 13.6. The fraction of sp³-hybridized carbons (Fsp3) is 0.0645. The van der Waals surface area contributed by atoms with E-state index in [4.69, 9.17) is 4.42 Å². The highest BCUT2D eigenvalue weighted by atomic mass is 32.1. The van der Waals surface area contributed by atoms with Gasteiger partial charge in [-0.1, -0.05) is 48.5 Å². The number of carbonyl (C=O) groups excluding carboxylic acids is 1.